The molecule has 1 aliphatic rings. The van der Waals surface area contributed by atoms with Gasteiger partial charge >= 0.3 is 0 Å². The minimum atomic E-state index is -0.734. The number of carbonyl (C=O) groups excluding carboxylic acids is 2. The van der Waals surface area contributed by atoms with E-state index in [0.717, 1.165) is 12.1 Å². The Kier molecular flexibility index (Phi) is 3.61. The number of hydrogen-bond donors (Lipinski definition) is 2. The standard InChI is InChI=1S/C12H12ClFN2O3/c1-16-3-2-9(12(16)19)15-11(18)7-4-6(14)5-8(13)10(7)17/h4-5,9,17H,2-3H2,1H3,(H,15,18)/t9-/m0/s1. The molecule has 5 nitrogen and oxygen atoms in total. The number of nitrogens with one attached hydrogen (secondary N) is 1. The molecule has 2 amide bonds. The quantitative estimate of drug-likeness (QED) is 0.857. The first-order valence-corrected chi connectivity index (χ1v) is 6.02. The Morgan fingerprint density at radius 1 is 1.58 bits per heavy atom. The number of phenols is 1. The third kappa shape index (κ3) is 2.63. The van der Waals surface area contributed by atoms with Crippen LogP contribution in [0, 0.1) is 5.82 Å². The predicted molar refractivity (Wildman–Crippen MR) is 66.6 cm³/mol. The fraction of sp³-hybridized carbons (Fsp3) is 0.333. The van der Waals surface area contributed by atoms with Gasteiger partial charge in [0, 0.05) is 13.6 Å². The van der Waals surface area contributed by atoms with Gasteiger partial charge < -0.3 is 15.3 Å². The summed E-state index contributed by atoms with van der Waals surface area (Å²) in [7, 11) is 1.63. The van der Waals surface area contributed by atoms with Crippen LogP contribution in [0.5, 0.6) is 5.75 Å². The number of likely N-dealkylation sites (N-methyl/N-ethyl adjacent to an activating group) is 1. The van der Waals surface area contributed by atoms with Crippen LogP contribution in [-0.2, 0) is 4.79 Å². The van der Waals surface area contributed by atoms with Gasteiger partial charge in [0.1, 0.15) is 17.6 Å². The highest BCUT2D eigenvalue weighted by Gasteiger charge is 2.31. The first-order chi connectivity index (χ1) is 8.90. The molecule has 2 N–H and O–H groups in total. The maximum atomic E-state index is 13.2. The molecule has 1 heterocycles. The zero-order valence-corrected chi connectivity index (χ0v) is 10.9. The minimum Gasteiger partial charge on any atom is -0.506 e. The highest BCUT2D eigenvalue weighted by atomic mass is 35.5. The first kappa shape index (κ1) is 13.6. The second-order valence-corrected chi connectivity index (χ2v) is 4.77. The Labute approximate surface area is 114 Å². The van der Waals surface area contributed by atoms with E-state index in [0.29, 0.717) is 13.0 Å². The van der Waals surface area contributed by atoms with E-state index >= 15 is 0 Å². The maximum Gasteiger partial charge on any atom is 0.255 e. The molecule has 1 atom stereocenters. The highest BCUT2D eigenvalue weighted by Crippen LogP contribution is 2.28. The molecule has 1 aliphatic heterocycles. The molecule has 0 unspecified atom stereocenters. The molecule has 0 saturated carbocycles. The topological polar surface area (TPSA) is 69.6 Å². The summed E-state index contributed by atoms with van der Waals surface area (Å²) in [6.07, 6.45) is 0.477. The lowest BCUT2D eigenvalue weighted by molar-refractivity contribution is -0.128. The van der Waals surface area contributed by atoms with Crippen LogP contribution in [0.1, 0.15) is 16.8 Å². The number of phenolic OH excluding ortho intramolecular Hbond substituents is 1. The van der Waals surface area contributed by atoms with Crippen LogP contribution in [-0.4, -0.2) is 41.5 Å². The zero-order chi connectivity index (χ0) is 14.2. The molecule has 19 heavy (non-hydrogen) atoms. The van der Waals surface area contributed by atoms with Crippen LogP contribution in [0.4, 0.5) is 4.39 Å². The van der Waals surface area contributed by atoms with E-state index in [4.69, 9.17) is 11.6 Å². The van der Waals surface area contributed by atoms with Gasteiger partial charge in [-0.05, 0) is 18.6 Å². The molecule has 0 aliphatic carbocycles. The lowest BCUT2D eigenvalue weighted by atomic mass is 10.1. The molecule has 1 saturated heterocycles. The van der Waals surface area contributed by atoms with Crippen molar-refractivity contribution in [3.63, 3.8) is 0 Å². The third-order valence-corrected chi connectivity index (χ3v) is 3.29. The van der Waals surface area contributed by atoms with Crippen molar-refractivity contribution in [1.29, 1.82) is 0 Å². The minimum absolute atomic E-state index is 0.213. The third-order valence-electron chi connectivity index (χ3n) is 3.01. The summed E-state index contributed by atoms with van der Waals surface area (Å²) in [5, 5.41) is 11.8. The predicted octanol–water partition coefficient (Wildman–Crippen LogP) is 1.15. The van der Waals surface area contributed by atoms with Crippen LogP contribution in [0.25, 0.3) is 0 Å². The number of rotatable bonds is 2. The number of aromatic hydroxyl groups is 1. The first-order valence-electron chi connectivity index (χ1n) is 5.64. The van der Waals surface area contributed by atoms with Crippen molar-refractivity contribution in [2.75, 3.05) is 13.6 Å². The Balaban J connectivity index is 2.19. The van der Waals surface area contributed by atoms with Crippen molar-refractivity contribution in [2.45, 2.75) is 12.5 Å². The van der Waals surface area contributed by atoms with Crippen molar-refractivity contribution in [2.24, 2.45) is 0 Å². The fourth-order valence-electron chi connectivity index (χ4n) is 1.93. The lowest BCUT2D eigenvalue weighted by Crippen LogP contribution is -2.40. The van der Waals surface area contributed by atoms with E-state index in [1.54, 1.807) is 7.05 Å². The number of likely N-dealkylation sites (tertiary alicyclic amines) is 1. The van der Waals surface area contributed by atoms with E-state index in [1.807, 2.05) is 0 Å². The molecule has 0 aromatic heterocycles. The van der Waals surface area contributed by atoms with Gasteiger partial charge in [0.15, 0.2) is 0 Å². The molecule has 1 aromatic rings. The normalized spacial score (nSPS) is 18.8. The smallest absolute Gasteiger partial charge is 0.255 e. The number of amides is 2. The molecule has 2 rings (SSSR count). The van der Waals surface area contributed by atoms with Crippen LogP contribution >= 0.6 is 11.6 Å². The SMILES string of the molecule is CN1CC[C@H](NC(=O)c2cc(F)cc(Cl)c2O)C1=O. The van der Waals surface area contributed by atoms with Gasteiger partial charge in [-0.3, -0.25) is 9.59 Å². The molecule has 1 aromatic carbocycles. The maximum absolute atomic E-state index is 13.2. The summed E-state index contributed by atoms with van der Waals surface area (Å²) < 4.78 is 13.2. The Morgan fingerprint density at radius 2 is 2.26 bits per heavy atom. The molecular weight excluding hydrogens is 275 g/mol. The average Bonchev–Trinajstić information content (AvgIpc) is 2.65. The summed E-state index contributed by atoms with van der Waals surface area (Å²) in [5.74, 6) is -2.18. The van der Waals surface area contributed by atoms with Crippen molar-refractivity contribution >= 4 is 23.4 Å². The fourth-order valence-corrected chi connectivity index (χ4v) is 2.14. The van der Waals surface area contributed by atoms with E-state index < -0.39 is 23.5 Å². The Hall–Kier alpha value is -1.82. The number of benzene rings is 1. The molecule has 102 valence electrons. The monoisotopic (exact) mass is 286 g/mol. The molecule has 0 bridgehead atoms. The Bertz CT molecular complexity index is 550. The van der Waals surface area contributed by atoms with E-state index in [2.05, 4.69) is 5.32 Å². The van der Waals surface area contributed by atoms with Crippen LogP contribution < -0.4 is 5.32 Å². The second kappa shape index (κ2) is 5.05. The van der Waals surface area contributed by atoms with Gasteiger partial charge in [-0.25, -0.2) is 4.39 Å². The molecule has 0 spiro atoms. The van der Waals surface area contributed by atoms with Crippen LogP contribution in [0.3, 0.4) is 0 Å². The molecular formula is C12H12ClFN2O3. The highest BCUT2D eigenvalue weighted by molar-refractivity contribution is 6.32. The van der Waals surface area contributed by atoms with Gasteiger partial charge in [0.25, 0.3) is 5.91 Å². The van der Waals surface area contributed by atoms with Gasteiger partial charge in [-0.1, -0.05) is 11.6 Å². The summed E-state index contributed by atoms with van der Waals surface area (Å²) in [6.45, 7) is 0.541. The Morgan fingerprint density at radius 3 is 2.84 bits per heavy atom. The van der Waals surface area contributed by atoms with Crippen LogP contribution in [0.2, 0.25) is 5.02 Å². The largest absolute Gasteiger partial charge is 0.506 e. The summed E-state index contributed by atoms with van der Waals surface area (Å²) in [5.41, 5.74) is -0.285. The second-order valence-electron chi connectivity index (χ2n) is 4.36. The molecule has 1 fully saturated rings. The number of halogens is 2. The summed E-state index contributed by atoms with van der Waals surface area (Å²) in [4.78, 5) is 25.0. The number of hydrogen-bond acceptors (Lipinski definition) is 3. The van der Waals surface area contributed by atoms with Gasteiger partial charge in [0.05, 0.1) is 10.6 Å². The number of carbonyl (C=O) groups is 2. The summed E-state index contributed by atoms with van der Waals surface area (Å²) in [6, 6.07) is 1.13. The van der Waals surface area contributed by atoms with Crippen molar-refractivity contribution in [3.05, 3.63) is 28.5 Å². The molecule has 7 heteroatoms. The van der Waals surface area contributed by atoms with Gasteiger partial charge in [-0.15, -0.1) is 0 Å². The van der Waals surface area contributed by atoms with Gasteiger partial charge in [0.2, 0.25) is 5.91 Å². The summed E-state index contributed by atoms with van der Waals surface area (Å²) >= 11 is 5.59. The average molecular weight is 287 g/mol. The van der Waals surface area contributed by atoms with Crippen molar-refractivity contribution < 1.29 is 19.1 Å². The van der Waals surface area contributed by atoms with E-state index in [-0.39, 0.29) is 16.5 Å². The van der Waals surface area contributed by atoms with Crippen LogP contribution in [0.15, 0.2) is 12.1 Å². The molecule has 0 radical (unpaired) electrons. The van der Waals surface area contributed by atoms with E-state index in [1.165, 1.54) is 4.90 Å². The lowest BCUT2D eigenvalue weighted by Gasteiger charge is -2.13. The van der Waals surface area contributed by atoms with E-state index in [9.17, 15) is 19.1 Å². The zero-order valence-electron chi connectivity index (χ0n) is 10.1. The van der Waals surface area contributed by atoms with Gasteiger partial charge in [-0.2, -0.15) is 0 Å². The van der Waals surface area contributed by atoms with Crippen molar-refractivity contribution in [1.82, 2.24) is 10.2 Å². The van der Waals surface area contributed by atoms with Crippen molar-refractivity contribution in [3.8, 4) is 5.75 Å². The number of nitrogens with zero attached hydrogens (tertiary/aromatic N) is 1.